The Balaban J connectivity index is 1.64. The molecule has 3 rings (SSSR count). The van der Waals surface area contributed by atoms with Gasteiger partial charge in [0.1, 0.15) is 12.6 Å². The third-order valence-electron chi connectivity index (χ3n) is 4.73. The van der Waals surface area contributed by atoms with E-state index < -0.39 is 18.1 Å². The number of amides is 1. The second kappa shape index (κ2) is 7.66. The molecule has 1 N–H and O–H groups in total. The first-order valence-electron chi connectivity index (χ1n) is 8.36. The Kier molecular flexibility index (Phi) is 5.35. The molecule has 2 saturated heterocycles. The van der Waals surface area contributed by atoms with Gasteiger partial charge in [-0.1, -0.05) is 30.3 Å². The largest absolute Gasteiger partial charge is 0.459 e. The molecule has 0 saturated carbocycles. The first-order valence-corrected chi connectivity index (χ1v) is 8.36. The number of rotatable bonds is 5. The molecule has 0 radical (unpaired) electrons. The van der Waals surface area contributed by atoms with E-state index in [1.165, 1.54) is 7.11 Å². The van der Waals surface area contributed by atoms with Gasteiger partial charge in [-0.25, -0.2) is 9.59 Å². The van der Waals surface area contributed by atoms with Gasteiger partial charge in [-0.2, -0.15) is 0 Å². The third-order valence-corrected chi connectivity index (χ3v) is 4.73. The lowest BCUT2D eigenvalue weighted by Crippen LogP contribution is -2.49. The summed E-state index contributed by atoms with van der Waals surface area (Å²) in [7, 11) is 1.29. The van der Waals surface area contributed by atoms with E-state index in [0.29, 0.717) is 0 Å². The van der Waals surface area contributed by atoms with Gasteiger partial charge in [0.25, 0.3) is 0 Å². The zero-order chi connectivity index (χ0) is 16.9. The highest BCUT2D eigenvalue weighted by atomic mass is 16.5. The van der Waals surface area contributed by atoms with Crippen molar-refractivity contribution in [1.29, 1.82) is 0 Å². The maximum atomic E-state index is 12.6. The number of alkyl carbamates (subject to hydrolysis) is 1. The highest BCUT2D eigenvalue weighted by molar-refractivity contribution is 5.81. The smallest absolute Gasteiger partial charge is 0.407 e. The van der Waals surface area contributed by atoms with Crippen LogP contribution in [0.1, 0.15) is 31.2 Å². The predicted octanol–water partition coefficient (Wildman–Crippen LogP) is 2.41. The summed E-state index contributed by atoms with van der Waals surface area (Å²) in [4.78, 5) is 24.2. The average Bonchev–Trinajstić information content (AvgIpc) is 2.96. The zero-order valence-electron chi connectivity index (χ0n) is 13.8. The Hall–Kier alpha value is -2.08. The van der Waals surface area contributed by atoms with E-state index in [4.69, 9.17) is 9.47 Å². The molecule has 2 aliphatic rings. The molecule has 24 heavy (non-hydrogen) atoms. The Labute approximate surface area is 141 Å². The lowest BCUT2D eigenvalue weighted by Gasteiger charge is -2.33. The van der Waals surface area contributed by atoms with Gasteiger partial charge in [0.2, 0.25) is 0 Å². The van der Waals surface area contributed by atoms with Crippen molar-refractivity contribution < 1.29 is 23.8 Å². The van der Waals surface area contributed by atoms with Crippen molar-refractivity contribution >= 4 is 12.1 Å². The summed E-state index contributed by atoms with van der Waals surface area (Å²) in [5, 5.41) is 2.65. The molecule has 1 aromatic carbocycles. The number of carbonyl (C=O) groups is 2. The Morgan fingerprint density at radius 2 is 1.88 bits per heavy atom. The molecule has 2 fully saturated rings. The first-order chi connectivity index (χ1) is 11.7. The van der Waals surface area contributed by atoms with Crippen LogP contribution in [-0.4, -0.2) is 37.4 Å². The molecule has 3 atom stereocenters. The standard InChI is InChI=1S/C18H23NO5/c1-22-18(21)19-16(13-9-14-7-8-15(10-13)24-14)17(20)23-11-12-5-3-2-4-6-12/h2-6,13-16H,7-11H2,1H3,(H,19,21). The SMILES string of the molecule is COC(=O)NC(C(=O)OCc1ccccc1)C1CC2CCC(C1)O2. The lowest BCUT2D eigenvalue weighted by atomic mass is 9.88. The van der Waals surface area contributed by atoms with Crippen LogP contribution in [0.3, 0.4) is 0 Å². The molecule has 0 aliphatic carbocycles. The van der Waals surface area contributed by atoms with E-state index >= 15 is 0 Å². The van der Waals surface area contributed by atoms with Crippen LogP contribution < -0.4 is 5.32 Å². The maximum Gasteiger partial charge on any atom is 0.407 e. The van der Waals surface area contributed by atoms with Crippen molar-refractivity contribution in [3.05, 3.63) is 35.9 Å². The van der Waals surface area contributed by atoms with Gasteiger partial charge in [-0.05, 0) is 37.2 Å². The fraction of sp³-hybridized carbons (Fsp3) is 0.556. The van der Waals surface area contributed by atoms with Gasteiger partial charge in [-0.15, -0.1) is 0 Å². The van der Waals surface area contributed by atoms with Gasteiger partial charge >= 0.3 is 12.1 Å². The quantitative estimate of drug-likeness (QED) is 0.838. The Morgan fingerprint density at radius 3 is 2.50 bits per heavy atom. The number of ether oxygens (including phenoxy) is 3. The van der Waals surface area contributed by atoms with Crippen LogP contribution in [0.25, 0.3) is 0 Å². The van der Waals surface area contributed by atoms with E-state index in [0.717, 1.165) is 31.2 Å². The fourth-order valence-corrected chi connectivity index (χ4v) is 3.54. The molecular weight excluding hydrogens is 310 g/mol. The minimum atomic E-state index is -0.701. The molecule has 6 nitrogen and oxygen atoms in total. The summed E-state index contributed by atoms with van der Waals surface area (Å²) in [5.41, 5.74) is 0.912. The normalized spacial score (nSPS) is 26.5. The first kappa shape index (κ1) is 16.8. The summed E-state index contributed by atoms with van der Waals surface area (Å²) in [6, 6.07) is 8.78. The summed E-state index contributed by atoms with van der Waals surface area (Å²) in [6.45, 7) is 0.190. The maximum absolute atomic E-state index is 12.6. The number of fused-ring (bicyclic) bond motifs is 2. The predicted molar refractivity (Wildman–Crippen MR) is 86.2 cm³/mol. The molecular formula is C18H23NO5. The highest BCUT2D eigenvalue weighted by Gasteiger charge is 2.42. The van der Waals surface area contributed by atoms with Crippen LogP contribution in [0.5, 0.6) is 0 Å². The zero-order valence-corrected chi connectivity index (χ0v) is 13.8. The number of esters is 1. The van der Waals surface area contributed by atoms with Crippen LogP contribution in [0.2, 0.25) is 0 Å². The minimum absolute atomic E-state index is 0.0126. The van der Waals surface area contributed by atoms with E-state index in [1.807, 2.05) is 30.3 Å². The van der Waals surface area contributed by atoms with Crippen molar-refractivity contribution in [2.24, 2.45) is 5.92 Å². The van der Waals surface area contributed by atoms with Crippen molar-refractivity contribution in [2.45, 2.75) is 50.5 Å². The fourth-order valence-electron chi connectivity index (χ4n) is 3.54. The van der Waals surface area contributed by atoms with Gasteiger partial charge in [0.05, 0.1) is 19.3 Å². The van der Waals surface area contributed by atoms with Gasteiger partial charge < -0.3 is 19.5 Å². The van der Waals surface area contributed by atoms with E-state index in [2.05, 4.69) is 10.1 Å². The number of benzene rings is 1. The summed E-state index contributed by atoms with van der Waals surface area (Å²) < 4.78 is 15.9. The van der Waals surface area contributed by atoms with Gasteiger partial charge in [0.15, 0.2) is 0 Å². The number of methoxy groups -OCH3 is 1. The number of hydrogen-bond acceptors (Lipinski definition) is 5. The van der Waals surface area contributed by atoms with Crippen molar-refractivity contribution in [1.82, 2.24) is 5.32 Å². The molecule has 2 heterocycles. The van der Waals surface area contributed by atoms with E-state index in [1.54, 1.807) is 0 Å². The average molecular weight is 333 g/mol. The second-order valence-electron chi connectivity index (χ2n) is 6.40. The molecule has 3 unspecified atom stereocenters. The molecule has 1 aromatic rings. The number of hydrogen-bond donors (Lipinski definition) is 1. The monoisotopic (exact) mass is 333 g/mol. The van der Waals surface area contributed by atoms with Crippen molar-refractivity contribution in [3.63, 3.8) is 0 Å². The van der Waals surface area contributed by atoms with Gasteiger partial charge in [0, 0.05) is 0 Å². The Bertz CT molecular complexity index is 564. The second-order valence-corrected chi connectivity index (χ2v) is 6.40. The lowest BCUT2D eigenvalue weighted by molar-refractivity contribution is -0.150. The van der Waals surface area contributed by atoms with Crippen LogP contribution in [-0.2, 0) is 25.6 Å². The Morgan fingerprint density at radius 1 is 1.21 bits per heavy atom. The number of nitrogens with one attached hydrogen (secondary N) is 1. The summed E-state index contributed by atoms with van der Waals surface area (Å²) in [5.74, 6) is -0.408. The van der Waals surface area contributed by atoms with Crippen LogP contribution in [0.4, 0.5) is 4.79 Å². The molecule has 2 aliphatic heterocycles. The van der Waals surface area contributed by atoms with Crippen molar-refractivity contribution in [3.8, 4) is 0 Å². The van der Waals surface area contributed by atoms with Crippen LogP contribution in [0, 0.1) is 5.92 Å². The molecule has 130 valence electrons. The third kappa shape index (κ3) is 4.06. The van der Waals surface area contributed by atoms with Crippen LogP contribution >= 0.6 is 0 Å². The van der Waals surface area contributed by atoms with Crippen molar-refractivity contribution in [2.75, 3.05) is 7.11 Å². The van der Waals surface area contributed by atoms with E-state index in [9.17, 15) is 9.59 Å². The number of carbonyl (C=O) groups excluding carboxylic acids is 2. The van der Waals surface area contributed by atoms with Gasteiger partial charge in [-0.3, -0.25) is 0 Å². The molecule has 1 amide bonds. The summed E-state index contributed by atoms with van der Waals surface area (Å²) in [6.07, 6.45) is 3.29. The minimum Gasteiger partial charge on any atom is -0.459 e. The van der Waals surface area contributed by atoms with E-state index in [-0.39, 0.29) is 24.7 Å². The topological polar surface area (TPSA) is 73.9 Å². The molecule has 0 aromatic heterocycles. The molecule has 6 heteroatoms. The van der Waals surface area contributed by atoms with Crippen LogP contribution in [0.15, 0.2) is 30.3 Å². The molecule has 2 bridgehead atoms. The summed E-state index contributed by atoms with van der Waals surface area (Å²) >= 11 is 0. The highest BCUT2D eigenvalue weighted by Crippen LogP contribution is 2.37. The molecule has 0 spiro atoms.